The lowest BCUT2D eigenvalue weighted by molar-refractivity contribution is 0.405. The summed E-state index contributed by atoms with van der Waals surface area (Å²) in [6.45, 7) is 2.74. The van der Waals surface area contributed by atoms with Crippen LogP contribution in [-0.2, 0) is 6.54 Å². The zero-order chi connectivity index (χ0) is 18.4. The molecule has 0 saturated carbocycles. The van der Waals surface area contributed by atoms with Gasteiger partial charge in [0.25, 0.3) is 0 Å². The summed E-state index contributed by atoms with van der Waals surface area (Å²) in [6.07, 6.45) is 1.71. The summed E-state index contributed by atoms with van der Waals surface area (Å²) in [6, 6.07) is 15.7. The van der Waals surface area contributed by atoms with Crippen molar-refractivity contribution in [3.8, 4) is 11.5 Å². The minimum Gasteiger partial charge on any atom is -0.497 e. The molecule has 0 fully saturated rings. The maximum absolute atomic E-state index is 5.39. The number of hydrogen-bond acceptors (Lipinski definition) is 6. The number of methoxy groups -OCH3 is 2. The van der Waals surface area contributed by atoms with Gasteiger partial charge in [0.05, 0.1) is 19.9 Å². The molecule has 0 spiro atoms. The van der Waals surface area contributed by atoms with Gasteiger partial charge < -0.3 is 20.1 Å². The molecule has 134 valence electrons. The van der Waals surface area contributed by atoms with E-state index in [4.69, 9.17) is 9.47 Å². The minimum absolute atomic E-state index is 0.554. The predicted octanol–water partition coefficient (Wildman–Crippen LogP) is 4.16. The van der Waals surface area contributed by atoms with E-state index in [0.717, 1.165) is 11.4 Å². The number of aromatic nitrogens is 2. The second kappa shape index (κ2) is 8.20. The van der Waals surface area contributed by atoms with Gasteiger partial charge >= 0.3 is 0 Å². The van der Waals surface area contributed by atoms with Gasteiger partial charge in [0, 0.05) is 18.8 Å². The van der Waals surface area contributed by atoms with Crippen LogP contribution in [0.3, 0.4) is 0 Å². The van der Waals surface area contributed by atoms with Crippen LogP contribution in [0, 0.1) is 6.92 Å². The van der Waals surface area contributed by atoms with E-state index < -0.39 is 0 Å². The van der Waals surface area contributed by atoms with Gasteiger partial charge in [-0.2, -0.15) is 4.98 Å². The second-order valence-electron chi connectivity index (χ2n) is 5.80. The first-order valence-corrected chi connectivity index (χ1v) is 8.29. The molecule has 0 radical (unpaired) electrons. The van der Waals surface area contributed by atoms with Crippen LogP contribution < -0.4 is 20.1 Å². The van der Waals surface area contributed by atoms with Crippen molar-refractivity contribution in [3.63, 3.8) is 0 Å². The minimum atomic E-state index is 0.554. The maximum atomic E-state index is 5.39. The van der Waals surface area contributed by atoms with Crippen molar-refractivity contribution in [2.24, 2.45) is 0 Å². The van der Waals surface area contributed by atoms with Crippen molar-refractivity contribution in [2.45, 2.75) is 13.5 Å². The van der Waals surface area contributed by atoms with Gasteiger partial charge in [-0.3, -0.25) is 0 Å². The molecule has 0 amide bonds. The summed E-state index contributed by atoms with van der Waals surface area (Å²) in [5.74, 6) is 2.66. The summed E-state index contributed by atoms with van der Waals surface area (Å²) in [7, 11) is 3.26. The van der Waals surface area contributed by atoms with E-state index in [1.165, 1.54) is 11.1 Å². The number of nitrogens with one attached hydrogen (secondary N) is 2. The normalized spacial score (nSPS) is 10.3. The molecule has 6 heteroatoms. The van der Waals surface area contributed by atoms with E-state index in [-0.39, 0.29) is 0 Å². The number of anilines is 3. The van der Waals surface area contributed by atoms with Crippen LogP contribution in [0.1, 0.15) is 11.1 Å². The predicted molar refractivity (Wildman–Crippen MR) is 103 cm³/mol. The van der Waals surface area contributed by atoms with E-state index in [1.807, 2.05) is 24.3 Å². The Morgan fingerprint density at radius 3 is 2.65 bits per heavy atom. The van der Waals surface area contributed by atoms with Crippen molar-refractivity contribution in [1.29, 1.82) is 0 Å². The summed E-state index contributed by atoms with van der Waals surface area (Å²) >= 11 is 0. The molecule has 26 heavy (non-hydrogen) atoms. The van der Waals surface area contributed by atoms with Crippen molar-refractivity contribution >= 4 is 17.5 Å². The van der Waals surface area contributed by atoms with Crippen LogP contribution in [-0.4, -0.2) is 24.2 Å². The summed E-state index contributed by atoms with van der Waals surface area (Å²) in [4.78, 5) is 8.78. The molecule has 3 aromatic rings. The number of ether oxygens (including phenoxy) is 2. The molecule has 0 saturated heterocycles. The van der Waals surface area contributed by atoms with Crippen LogP contribution >= 0.6 is 0 Å². The average molecular weight is 350 g/mol. The third kappa shape index (κ3) is 4.42. The molecule has 1 aromatic heterocycles. The first-order valence-electron chi connectivity index (χ1n) is 8.29. The topological polar surface area (TPSA) is 68.3 Å². The van der Waals surface area contributed by atoms with Crippen molar-refractivity contribution in [1.82, 2.24) is 9.97 Å². The van der Waals surface area contributed by atoms with Gasteiger partial charge in [0.1, 0.15) is 17.3 Å². The molecule has 0 aliphatic rings. The van der Waals surface area contributed by atoms with Gasteiger partial charge in [0.15, 0.2) is 0 Å². The first kappa shape index (κ1) is 17.5. The van der Waals surface area contributed by atoms with E-state index in [0.29, 0.717) is 24.1 Å². The largest absolute Gasteiger partial charge is 0.497 e. The van der Waals surface area contributed by atoms with E-state index >= 15 is 0 Å². The van der Waals surface area contributed by atoms with Gasteiger partial charge in [0.2, 0.25) is 5.95 Å². The zero-order valence-electron chi connectivity index (χ0n) is 15.1. The summed E-state index contributed by atoms with van der Waals surface area (Å²) < 4.78 is 10.7. The molecule has 6 nitrogen and oxygen atoms in total. The summed E-state index contributed by atoms with van der Waals surface area (Å²) in [5, 5.41) is 6.50. The molecule has 0 bridgehead atoms. The fraction of sp³-hybridized carbons (Fsp3) is 0.200. The Kier molecular flexibility index (Phi) is 5.53. The van der Waals surface area contributed by atoms with Crippen LogP contribution in [0.4, 0.5) is 17.5 Å². The number of nitrogens with zero attached hydrogens (tertiary/aromatic N) is 2. The molecule has 3 rings (SSSR count). The monoisotopic (exact) mass is 350 g/mol. The Bertz CT molecular complexity index is 883. The molecular formula is C20H22N4O2. The van der Waals surface area contributed by atoms with Crippen LogP contribution in [0.5, 0.6) is 11.5 Å². The van der Waals surface area contributed by atoms with E-state index in [9.17, 15) is 0 Å². The number of benzene rings is 2. The molecular weight excluding hydrogens is 328 g/mol. The molecule has 0 aliphatic carbocycles. The Morgan fingerprint density at radius 2 is 1.88 bits per heavy atom. The van der Waals surface area contributed by atoms with Crippen molar-refractivity contribution in [2.75, 3.05) is 24.9 Å². The first-order chi connectivity index (χ1) is 12.7. The fourth-order valence-corrected chi connectivity index (χ4v) is 2.57. The molecule has 2 N–H and O–H groups in total. The SMILES string of the molecule is COc1ccc(OC)c(Nc2ccnc(NCc3cccc(C)c3)n2)c1. The van der Waals surface area contributed by atoms with Gasteiger partial charge in [-0.05, 0) is 30.7 Å². The molecule has 0 atom stereocenters. The van der Waals surface area contributed by atoms with E-state index in [2.05, 4.69) is 45.7 Å². The molecule has 0 unspecified atom stereocenters. The Labute approximate surface area is 153 Å². The Morgan fingerprint density at radius 1 is 1.00 bits per heavy atom. The molecule has 1 heterocycles. The highest BCUT2D eigenvalue weighted by Crippen LogP contribution is 2.31. The lowest BCUT2D eigenvalue weighted by Gasteiger charge is -2.13. The lowest BCUT2D eigenvalue weighted by Crippen LogP contribution is -2.05. The third-order valence-electron chi connectivity index (χ3n) is 3.86. The maximum Gasteiger partial charge on any atom is 0.224 e. The highest BCUT2D eigenvalue weighted by atomic mass is 16.5. The van der Waals surface area contributed by atoms with E-state index in [1.54, 1.807) is 26.5 Å². The van der Waals surface area contributed by atoms with Crippen molar-refractivity contribution < 1.29 is 9.47 Å². The second-order valence-corrected chi connectivity index (χ2v) is 5.80. The number of hydrogen-bond donors (Lipinski definition) is 2. The summed E-state index contributed by atoms with van der Waals surface area (Å²) in [5.41, 5.74) is 3.18. The van der Waals surface area contributed by atoms with Crippen LogP contribution in [0.25, 0.3) is 0 Å². The van der Waals surface area contributed by atoms with Crippen molar-refractivity contribution in [3.05, 3.63) is 65.9 Å². The third-order valence-corrected chi connectivity index (χ3v) is 3.86. The standard InChI is InChI=1S/C20H22N4O2/c1-14-5-4-6-15(11-14)13-22-20-21-10-9-19(24-20)23-17-12-16(25-2)7-8-18(17)26-3/h4-12H,13H2,1-3H3,(H2,21,22,23,24). The highest BCUT2D eigenvalue weighted by molar-refractivity contribution is 5.66. The molecule has 0 aliphatic heterocycles. The van der Waals surface area contributed by atoms with Gasteiger partial charge in [-0.1, -0.05) is 29.8 Å². The fourth-order valence-electron chi connectivity index (χ4n) is 2.57. The smallest absolute Gasteiger partial charge is 0.224 e. The number of rotatable bonds is 7. The highest BCUT2D eigenvalue weighted by Gasteiger charge is 2.07. The molecule has 2 aromatic carbocycles. The van der Waals surface area contributed by atoms with Crippen LogP contribution in [0.2, 0.25) is 0 Å². The zero-order valence-corrected chi connectivity index (χ0v) is 15.1. The Balaban J connectivity index is 1.73. The number of aryl methyl sites for hydroxylation is 1. The average Bonchev–Trinajstić information content (AvgIpc) is 2.67. The Hall–Kier alpha value is -3.28. The lowest BCUT2D eigenvalue weighted by atomic mass is 10.1. The van der Waals surface area contributed by atoms with Gasteiger partial charge in [-0.15, -0.1) is 0 Å². The quantitative estimate of drug-likeness (QED) is 0.667. The van der Waals surface area contributed by atoms with Crippen LogP contribution in [0.15, 0.2) is 54.7 Å². The van der Waals surface area contributed by atoms with Gasteiger partial charge in [-0.25, -0.2) is 4.98 Å².